The van der Waals surface area contributed by atoms with Crippen LogP contribution in [0.25, 0.3) is 0 Å². The number of carbonyl (C=O) groups is 1. The number of carbonyl (C=O) groups excluding carboxylic acids is 1. The molecule has 2 aliphatic heterocycles. The van der Waals surface area contributed by atoms with E-state index < -0.39 is 17.8 Å². The van der Waals surface area contributed by atoms with Crippen molar-refractivity contribution in [3.05, 3.63) is 18.0 Å². The Morgan fingerprint density at radius 2 is 1.73 bits per heavy atom. The smallest absolute Gasteiger partial charge is 0.342 e. The van der Waals surface area contributed by atoms with Gasteiger partial charge in [0.15, 0.2) is 0 Å². The first kappa shape index (κ1) is 18.8. The van der Waals surface area contributed by atoms with Gasteiger partial charge in [0.2, 0.25) is 11.9 Å². The lowest BCUT2D eigenvalue weighted by molar-refractivity contribution is -0.142. The van der Waals surface area contributed by atoms with Gasteiger partial charge in [0.1, 0.15) is 5.69 Å². The van der Waals surface area contributed by atoms with E-state index in [0.29, 0.717) is 25.9 Å². The molecule has 1 aromatic rings. The number of hydrogen-bond donors (Lipinski definition) is 0. The molecule has 0 unspecified atom stereocenters. The highest BCUT2D eigenvalue weighted by molar-refractivity contribution is 5.79. The van der Waals surface area contributed by atoms with Gasteiger partial charge in [-0.25, -0.2) is 18.7 Å². The van der Waals surface area contributed by atoms with Crippen LogP contribution in [-0.4, -0.2) is 52.9 Å². The maximum atomic E-state index is 13.2. The minimum Gasteiger partial charge on any atom is -0.342 e. The first-order valence-electron chi connectivity index (χ1n) is 8.47. The van der Waals surface area contributed by atoms with E-state index in [0.717, 1.165) is 12.3 Å². The van der Waals surface area contributed by atoms with Crippen molar-refractivity contribution >= 4 is 11.9 Å². The van der Waals surface area contributed by atoms with Crippen LogP contribution in [0.15, 0.2) is 12.3 Å². The summed E-state index contributed by atoms with van der Waals surface area (Å²) in [4.78, 5) is 23.0. The summed E-state index contributed by atoms with van der Waals surface area (Å²) in [5, 5.41) is 0. The lowest BCUT2D eigenvalue weighted by atomic mass is 9.94. The van der Waals surface area contributed by atoms with Crippen LogP contribution in [0.5, 0.6) is 0 Å². The molecule has 0 saturated carbocycles. The number of aromatic nitrogens is 2. The van der Waals surface area contributed by atoms with Crippen molar-refractivity contribution in [2.75, 3.05) is 31.1 Å². The third kappa shape index (κ3) is 4.21. The van der Waals surface area contributed by atoms with Gasteiger partial charge in [0.05, 0.1) is 0 Å². The molecule has 2 fully saturated rings. The number of hydrogen-bond acceptors (Lipinski definition) is 4. The zero-order valence-electron chi connectivity index (χ0n) is 14.0. The Labute approximate surface area is 147 Å². The molecule has 2 aliphatic rings. The first-order chi connectivity index (χ1) is 12.2. The third-order valence-electron chi connectivity index (χ3n) is 4.87. The van der Waals surface area contributed by atoms with Crippen LogP contribution in [0.2, 0.25) is 0 Å². The largest absolute Gasteiger partial charge is 0.433 e. The number of anilines is 1. The maximum Gasteiger partial charge on any atom is 0.433 e. The molecule has 144 valence electrons. The van der Waals surface area contributed by atoms with Crippen LogP contribution in [-0.2, 0) is 11.0 Å². The Bertz CT molecular complexity index is 648. The summed E-state index contributed by atoms with van der Waals surface area (Å²) in [6.07, 6.45) is -3.25. The molecule has 0 N–H and O–H groups in total. The fourth-order valence-electron chi connectivity index (χ4n) is 3.30. The lowest BCUT2D eigenvalue weighted by Gasteiger charge is -2.37. The van der Waals surface area contributed by atoms with Crippen LogP contribution in [0.3, 0.4) is 0 Å². The SMILES string of the molecule is O=C(C1CCN(c2nccc(C(F)(F)F)n2)CC1)N1CCC(F)(F)CC1. The second-order valence-electron chi connectivity index (χ2n) is 6.68. The van der Waals surface area contributed by atoms with E-state index >= 15 is 0 Å². The number of likely N-dealkylation sites (tertiary alicyclic amines) is 1. The van der Waals surface area contributed by atoms with E-state index in [4.69, 9.17) is 0 Å². The zero-order chi connectivity index (χ0) is 18.9. The number of halogens is 5. The molecule has 5 nitrogen and oxygen atoms in total. The van der Waals surface area contributed by atoms with Gasteiger partial charge < -0.3 is 9.80 Å². The number of piperidine rings is 2. The Hall–Kier alpha value is -2.00. The summed E-state index contributed by atoms with van der Waals surface area (Å²) in [5.74, 6) is -3.17. The predicted molar refractivity (Wildman–Crippen MR) is 82.7 cm³/mol. The fourth-order valence-corrected chi connectivity index (χ4v) is 3.30. The van der Waals surface area contributed by atoms with Crippen molar-refractivity contribution in [2.45, 2.75) is 37.8 Å². The highest BCUT2D eigenvalue weighted by Crippen LogP contribution is 2.31. The summed E-state index contributed by atoms with van der Waals surface area (Å²) < 4.78 is 64.7. The number of alkyl halides is 5. The molecule has 0 bridgehead atoms. The molecular weight excluding hydrogens is 359 g/mol. The molecule has 26 heavy (non-hydrogen) atoms. The van der Waals surface area contributed by atoms with E-state index in [2.05, 4.69) is 9.97 Å². The summed E-state index contributed by atoms with van der Waals surface area (Å²) >= 11 is 0. The maximum absolute atomic E-state index is 13.2. The number of nitrogens with zero attached hydrogens (tertiary/aromatic N) is 4. The van der Waals surface area contributed by atoms with Crippen molar-refractivity contribution in [1.82, 2.24) is 14.9 Å². The van der Waals surface area contributed by atoms with Gasteiger partial charge in [-0.2, -0.15) is 13.2 Å². The topological polar surface area (TPSA) is 49.3 Å². The van der Waals surface area contributed by atoms with E-state index in [1.807, 2.05) is 0 Å². The molecule has 2 saturated heterocycles. The number of rotatable bonds is 2. The van der Waals surface area contributed by atoms with E-state index in [1.165, 1.54) is 4.90 Å². The molecule has 3 rings (SSSR count). The predicted octanol–water partition coefficient (Wildman–Crippen LogP) is 2.97. The molecule has 0 spiro atoms. The molecule has 10 heteroatoms. The van der Waals surface area contributed by atoms with Gasteiger partial charge in [-0.05, 0) is 18.9 Å². The van der Waals surface area contributed by atoms with Crippen molar-refractivity contribution < 1.29 is 26.7 Å². The van der Waals surface area contributed by atoms with Crippen molar-refractivity contribution in [3.8, 4) is 0 Å². The summed E-state index contributed by atoms with van der Waals surface area (Å²) in [6.45, 7) is 0.787. The second-order valence-corrected chi connectivity index (χ2v) is 6.68. The molecule has 1 aromatic heterocycles. The quantitative estimate of drug-likeness (QED) is 0.743. The van der Waals surface area contributed by atoms with Crippen LogP contribution < -0.4 is 4.90 Å². The van der Waals surface area contributed by atoms with Crippen molar-refractivity contribution in [3.63, 3.8) is 0 Å². The first-order valence-corrected chi connectivity index (χ1v) is 8.47. The normalized spacial score (nSPS) is 21.7. The Balaban J connectivity index is 1.57. The molecular formula is C16H19F5N4O. The second kappa shape index (κ2) is 6.96. The Morgan fingerprint density at radius 1 is 1.12 bits per heavy atom. The van der Waals surface area contributed by atoms with Gasteiger partial charge in [-0.3, -0.25) is 4.79 Å². The summed E-state index contributed by atoms with van der Waals surface area (Å²) in [5.41, 5.74) is -1.00. The van der Waals surface area contributed by atoms with E-state index in [-0.39, 0.29) is 43.7 Å². The van der Waals surface area contributed by atoms with Crippen LogP contribution in [0.4, 0.5) is 27.9 Å². The molecule has 0 radical (unpaired) electrons. The Kier molecular flexibility index (Phi) is 5.03. The van der Waals surface area contributed by atoms with E-state index in [1.54, 1.807) is 4.90 Å². The minimum absolute atomic E-state index is 0.0108. The third-order valence-corrected chi connectivity index (χ3v) is 4.87. The monoisotopic (exact) mass is 378 g/mol. The van der Waals surface area contributed by atoms with Crippen LogP contribution in [0, 0.1) is 5.92 Å². The minimum atomic E-state index is -4.54. The van der Waals surface area contributed by atoms with Gasteiger partial charge in [-0.15, -0.1) is 0 Å². The molecule has 0 aliphatic carbocycles. The van der Waals surface area contributed by atoms with Crippen molar-refractivity contribution in [2.24, 2.45) is 5.92 Å². The molecule has 3 heterocycles. The van der Waals surface area contributed by atoms with Gasteiger partial charge in [0.25, 0.3) is 5.92 Å². The molecule has 0 aromatic carbocycles. The average molecular weight is 378 g/mol. The Morgan fingerprint density at radius 3 is 2.31 bits per heavy atom. The summed E-state index contributed by atoms with van der Waals surface area (Å²) in [6, 6.07) is 0.811. The van der Waals surface area contributed by atoms with Crippen molar-refractivity contribution in [1.29, 1.82) is 0 Å². The van der Waals surface area contributed by atoms with Crippen LogP contribution >= 0.6 is 0 Å². The highest BCUT2D eigenvalue weighted by Gasteiger charge is 2.38. The van der Waals surface area contributed by atoms with E-state index in [9.17, 15) is 26.7 Å². The number of amides is 1. The molecule has 1 amide bonds. The zero-order valence-corrected chi connectivity index (χ0v) is 14.0. The standard InChI is InChI=1S/C16H19F5N4O/c17-15(18)4-9-24(10-5-15)13(26)11-2-7-25(8-3-11)14-22-6-1-12(23-14)16(19,20)21/h1,6,11H,2-5,7-10H2. The van der Waals surface area contributed by atoms with Gasteiger partial charge in [0, 0.05) is 51.1 Å². The van der Waals surface area contributed by atoms with Gasteiger partial charge in [-0.1, -0.05) is 0 Å². The fraction of sp³-hybridized carbons (Fsp3) is 0.688. The lowest BCUT2D eigenvalue weighted by Crippen LogP contribution is -2.47. The van der Waals surface area contributed by atoms with Gasteiger partial charge >= 0.3 is 6.18 Å². The average Bonchev–Trinajstić information content (AvgIpc) is 2.61. The summed E-state index contributed by atoms with van der Waals surface area (Å²) in [7, 11) is 0. The van der Waals surface area contributed by atoms with Crippen LogP contribution in [0.1, 0.15) is 31.4 Å². The highest BCUT2D eigenvalue weighted by atomic mass is 19.4. The molecule has 0 atom stereocenters.